The second-order valence-corrected chi connectivity index (χ2v) is 7.09. The number of hydrogen-bond donors (Lipinski definition) is 0. The van der Waals surface area contributed by atoms with Crippen LogP contribution in [-0.4, -0.2) is 0 Å². The van der Waals surface area contributed by atoms with Crippen molar-refractivity contribution < 1.29 is 0 Å². The Morgan fingerprint density at radius 2 is 2.17 bits per heavy atom. The van der Waals surface area contributed by atoms with Crippen molar-refractivity contribution in [3.63, 3.8) is 0 Å². The van der Waals surface area contributed by atoms with Crippen molar-refractivity contribution in [3.05, 3.63) is 33.5 Å². The highest BCUT2D eigenvalue weighted by molar-refractivity contribution is 14.1. The standard InChI is InChI=1S/C17H25I/c1-2-3-5-8-14-11-16(13-17(18)12-14)15-9-6-4-7-10-15/h4,6,11-12,15-16H,2-3,5,7-10,13H2,1H3. The van der Waals surface area contributed by atoms with Crippen molar-refractivity contribution in [1.82, 2.24) is 0 Å². The van der Waals surface area contributed by atoms with E-state index in [9.17, 15) is 0 Å². The van der Waals surface area contributed by atoms with Crippen LogP contribution in [0.15, 0.2) is 33.5 Å². The third-order valence-corrected chi connectivity index (χ3v) is 4.94. The molecule has 0 aliphatic heterocycles. The number of rotatable bonds is 5. The molecule has 0 N–H and O–H groups in total. The summed E-state index contributed by atoms with van der Waals surface area (Å²) < 4.78 is 1.57. The number of allylic oxidation sites excluding steroid dienone is 6. The summed E-state index contributed by atoms with van der Waals surface area (Å²) in [5, 5.41) is 0. The first-order valence-corrected chi connectivity index (χ1v) is 8.59. The van der Waals surface area contributed by atoms with Gasteiger partial charge >= 0.3 is 0 Å². The van der Waals surface area contributed by atoms with Crippen LogP contribution in [0.4, 0.5) is 0 Å². The minimum Gasteiger partial charge on any atom is -0.0885 e. The predicted octanol–water partition coefficient (Wildman–Crippen LogP) is 6.19. The zero-order valence-electron chi connectivity index (χ0n) is 11.5. The molecule has 0 nitrogen and oxygen atoms in total. The minimum absolute atomic E-state index is 0.809. The number of halogens is 1. The summed E-state index contributed by atoms with van der Waals surface area (Å²) in [6.07, 6.45) is 20.4. The van der Waals surface area contributed by atoms with E-state index in [4.69, 9.17) is 0 Å². The summed E-state index contributed by atoms with van der Waals surface area (Å²) in [5.74, 6) is 1.71. The maximum atomic E-state index is 2.60. The van der Waals surface area contributed by atoms with Crippen LogP contribution in [-0.2, 0) is 0 Å². The van der Waals surface area contributed by atoms with Gasteiger partial charge < -0.3 is 0 Å². The van der Waals surface area contributed by atoms with Crippen LogP contribution < -0.4 is 0 Å². The molecule has 2 atom stereocenters. The Bertz CT molecular complexity index is 349. The number of hydrogen-bond acceptors (Lipinski definition) is 0. The van der Waals surface area contributed by atoms with Crippen LogP contribution in [0, 0.1) is 11.8 Å². The SMILES string of the molecule is CCCCCC1=CC(C2CC=CCC2)CC(I)=C1. The molecule has 0 saturated carbocycles. The van der Waals surface area contributed by atoms with Gasteiger partial charge in [-0.1, -0.05) is 49.6 Å². The molecule has 1 heteroatoms. The topological polar surface area (TPSA) is 0 Å². The van der Waals surface area contributed by atoms with Gasteiger partial charge in [0.2, 0.25) is 0 Å². The molecule has 0 aromatic rings. The highest BCUT2D eigenvalue weighted by Crippen LogP contribution is 2.37. The number of unbranched alkanes of at least 4 members (excludes halogenated alkanes) is 2. The van der Waals surface area contributed by atoms with E-state index in [1.165, 1.54) is 51.4 Å². The molecule has 0 bridgehead atoms. The second kappa shape index (κ2) is 7.52. The first kappa shape index (κ1) is 14.4. The molecule has 2 aliphatic rings. The summed E-state index contributed by atoms with van der Waals surface area (Å²) in [5.41, 5.74) is 1.61. The quantitative estimate of drug-likeness (QED) is 0.313. The fourth-order valence-corrected chi connectivity index (χ4v) is 4.02. The van der Waals surface area contributed by atoms with Gasteiger partial charge in [0.15, 0.2) is 0 Å². The van der Waals surface area contributed by atoms with Gasteiger partial charge in [0.05, 0.1) is 0 Å². The molecule has 0 aromatic carbocycles. The van der Waals surface area contributed by atoms with Crippen LogP contribution in [0.5, 0.6) is 0 Å². The predicted molar refractivity (Wildman–Crippen MR) is 88.9 cm³/mol. The fourth-order valence-electron chi connectivity index (χ4n) is 3.11. The molecule has 0 aromatic heterocycles. The van der Waals surface area contributed by atoms with Crippen molar-refractivity contribution in [2.45, 2.75) is 58.3 Å². The zero-order valence-corrected chi connectivity index (χ0v) is 13.7. The minimum atomic E-state index is 0.809. The third kappa shape index (κ3) is 4.25. The summed E-state index contributed by atoms with van der Waals surface area (Å²) >= 11 is 2.55. The normalized spacial score (nSPS) is 27.9. The van der Waals surface area contributed by atoms with Gasteiger partial charge in [0, 0.05) is 0 Å². The van der Waals surface area contributed by atoms with Crippen molar-refractivity contribution in [1.29, 1.82) is 0 Å². The van der Waals surface area contributed by atoms with E-state index in [2.05, 4.69) is 53.8 Å². The lowest BCUT2D eigenvalue weighted by Crippen LogP contribution is -2.16. The first-order valence-electron chi connectivity index (χ1n) is 7.51. The van der Waals surface area contributed by atoms with Gasteiger partial charge in [0.1, 0.15) is 0 Å². The average molecular weight is 356 g/mol. The molecular formula is C17H25I. The van der Waals surface area contributed by atoms with E-state index in [0.29, 0.717) is 0 Å². The Labute approximate surface area is 126 Å². The molecule has 0 amide bonds. The third-order valence-electron chi connectivity index (χ3n) is 4.18. The fraction of sp³-hybridized carbons (Fsp3) is 0.647. The monoisotopic (exact) mass is 356 g/mol. The Hall–Kier alpha value is -0.0500. The maximum absolute atomic E-state index is 2.60. The summed E-state index contributed by atoms with van der Waals surface area (Å²) in [7, 11) is 0. The second-order valence-electron chi connectivity index (χ2n) is 5.70. The lowest BCUT2D eigenvalue weighted by molar-refractivity contribution is 0.362. The van der Waals surface area contributed by atoms with Gasteiger partial charge in [-0.2, -0.15) is 0 Å². The van der Waals surface area contributed by atoms with Crippen LogP contribution in [0.1, 0.15) is 58.3 Å². The molecule has 0 fully saturated rings. The van der Waals surface area contributed by atoms with E-state index in [-0.39, 0.29) is 0 Å². The lowest BCUT2D eigenvalue weighted by atomic mass is 9.78. The van der Waals surface area contributed by atoms with E-state index in [0.717, 1.165) is 11.8 Å². The molecule has 2 aliphatic carbocycles. The average Bonchev–Trinajstić information content (AvgIpc) is 2.39. The first-order chi connectivity index (χ1) is 8.79. The van der Waals surface area contributed by atoms with Crippen molar-refractivity contribution in [2.24, 2.45) is 11.8 Å². The molecule has 2 rings (SSSR count). The molecule has 0 saturated heterocycles. The smallest absolute Gasteiger partial charge is 0.00855 e. The molecule has 0 heterocycles. The molecule has 2 unspecified atom stereocenters. The van der Waals surface area contributed by atoms with Gasteiger partial charge in [-0.15, -0.1) is 0 Å². The van der Waals surface area contributed by atoms with Crippen LogP contribution in [0.3, 0.4) is 0 Å². The maximum Gasteiger partial charge on any atom is -0.00855 e. The molecule has 100 valence electrons. The lowest BCUT2D eigenvalue weighted by Gasteiger charge is -2.29. The Kier molecular flexibility index (Phi) is 6.00. The Morgan fingerprint density at radius 1 is 1.28 bits per heavy atom. The Balaban J connectivity index is 1.95. The molecule has 18 heavy (non-hydrogen) atoms. The van der Waals surface area contributed by atoms with Gasteiger partial charge in [0.25, 0.3) is 0 Å². The summed E-state index contributed by atoms with van der Waals surface area (Å²) in [6.45, 7) is 2.28. The van der Waals surface area contributed by atoms with E-state index in [1.807, 2.05) is 0 Å². The summed E-state index contributed by atoms with van der Waals surface area (Å²) in [4.78, 5) is 0. The molecular weight excluding hydrogens is 331 g/mol. The van der Waals surface area contributed by atoms with Crippen LogP contribution in [0.25, 0.3) is 0 Å². The van der Waals surface area contributed by atoms with Crippen molar-refractivity contribution in [3.8, 4) is 0 Å². The van der Waals surface area contributed by atoms with Crippen LogP contribution >= 0.6 is 22.6 Å². The van der Waals surface area contributed by atoms with Gasteiger partial charge in [-0.3, -0.25) is 0 Å². The van der Waals surface area contributed by atoms with Crippen LogP contribution in [0.2, 0.25) is 0 Å². The molecule has 0 spiro atoms. The van der Waals surface area contributed by atoms with Gasteiger partial charge in [-0.25, -0.2) is 0 Å². The van der Waals surface area contributed by atoms with E-state index >= 15 is 0 Å². The van der Waals surface area contributed by atoms with Gasteiger partial charge in [-0.05, 0) is 76.5 Å². The Morgan fingerprint density at radius 3 is 2.89 bits per heavy atom. The highest BCUT2D eigenvalue weighted by Gasteiger charge is 2.23. The highest BCUT2D eigenvalue weighted by atomic mass is 127. The largest absolute Gasteiger partial charge is 0.0885 e. The van der Waals surface area contributed by atoms with Crippen molar-refractivity contribution in [2.75, 3.05) is 0 Å². The summed E-state index contributed by atoms with van der Waals surface area (Å²) in [6, 6.07) is 0. The zero-order chi connectivity index (χ0) is 12.8. The van der Waals surface area contributed by atoms with Crippen molar-refractivity contribution >= 4 is 22.6 Å². The molecule has 0 radical (unpaired) electrons. The van der Waals surface area contributed by atoms with E-state index in [1.54, 1.807) is 9.15 Å². The van der Waals surface area contributed by atoms with E-state index < -0.39 is 0 Å².